The van der Waals surface area contributed by atoms with Crippen LogP contribution in [0.3, 0.4) is 0 Å². The predicted octanol–water partition coefficient (Wildman–Crippen LogP) is 1.01. The van der Waals surface area contributed by atoms with Gasteiger partial charge in [-0.25, -0.2) is 9.59 Å². The molecule has 6 nitrogen and oxygen atoms in total. The monoisotopic (exact) mass is 290 g/mol. The molecule has 1 fully saturated rings. The number of rotatable bonds is 6. The lowest BCUT2D eigenvalue weighted by Gasteiger charge is -2.28. The minimum Gasteiger partial charge on any atom is -0.480 e. The maximum atomic E-state index is 12.0. The van der Waals surface area contributed by atoms with Crippen molar-refractivity contribution in [1.82, 2.24) is 10.2 Å². The number of hydrogen-bond acceptors (Lipinski definition) is 4. The van der Waals surface area contributed by atoms with Crippen molar-refractivity contribution in [2.75, 3.05) is 25.7 Å². The summed E-state index contributed by atoms with van der Waals surface area (Å²) in [6.45, 7) is 2.56. The second-order valence-electron chi connectivity index (χ2n) is 4.66. The third kappa shape index (κ3) is 4.58. The van der Waals surface area contributed by atoms with Crippen molar-refractivity contribution in [3.8, 4) is 0 Å². The second-order valence-corrected chi connectivity index (χ2v) is 5.65. The number of aliphatic carboxylic acids is 1. The summed E-state index contributed by atoms with van der Waals surface area (Å²) >= 11 is 1.56. The normalized spacial score (nSPS) is 23.9. The van der Waals surface area contributed by atoms with Gasteiger partial charge in [0.1, 0.15) is 6.04 Å². The van der Waals surface area contributed by atoms with Gasteiger partial charge >= 0.3 is 12.0 Å². The molecule has 2 amide bonds. The van der Waals surface area contributed by atoms with E-state index >= 15 is 0 Å². The van der Waals surface area contributed by atoms with E-state index in [0.717, 1.165) is 6.42 Å². The average molecular weight is 290 g/mol. The molecule has 0 bridgehead atoms. The van der Waals surface area contributed by atoms with Crippen LogP contribution < -0.4 is 5.32 Å². The van der Waals surface area contributed by atoms with Crippen LogP contribution in [0.25, 0.3) is 0 Å². The van der Waals surface area contributed by atoms with E-state index in [1.165, 1.54) is 0 Å². The molecule has 2 unspecified atom stereocenters. The topological polar surface area (TPSA) is 78.9 Å². The Labute approximate surface area is 117 Å². The smallest absolute Gasteiger partial charge is 0.326 e. The number of nitrogens with zero attached hydrogens (tertiary/aromatic N) is 1. The molecule has 1 heterocycles. The van der Waals surface area contributed by atoms with E-state index in [1.54, 1.807) is 23.7 Å². The number of carbonyl (C=O) groups is 2. The molecule has 0 aromatic heterocycles. The third-order valence-corrected chi connectivity index (χ3v) is 4.00. The summed E-state index contributed by atoms with van der Waals surface area (Å²) in [5.41, 5.74) is 0. The van der Waals surface area contributed by atoms with Gasteiger partial charge < -0.3 is 20.1 Å². The molecule has 0 saturated carbocycles. The molecule has 3 atom stereocenters. The van der Waals surface area contributed by atoms with Crippen molar-refractivity contribution in [1.29, 1.82) is 0 Å². The van der Waals surface area contributed by atoms with Gasteiger partial charge in [0, 0.05) is 13.7 Å². The summed E-state index contributed by atoms with van der Waals surface area (Å²) in [6.07, 6.45) is 3.11. The number of carbonyl (C=O) groups excluding carboxylic acids is 1. The highest BCUT2D eigenvalue weighted by Crippen LogP contribution is 2.18. The van der Waals surface area contributed by atoms with Crippen LogP contribution >= 0.6 is 11.8 Å². The highest BCUT2D eigenvalue weighted by Gasteiger charge is 2.32. The number of amides is 2. The zero-order valence-corrected chi connectivity index (χ0v) is 12.4. The van der Waals surface area contributed by atoms with E-state index in [2.05, 4.69) is 5.32 Å². The van der Waals surface area contributed by atoms with E-state index in [0.29, 0.717) is 18.8 Å². The van der Waals surface area contributed by atoms with Crippen LogP contribution in [-0.2, 0) is 9.53 Å². The fraction of sp³-hybridized carbons (Fsp3) is 0.833. The predicted molar refractivity (Wildman–Crippen MR) is 74.5 cm³/mol. The van der Waals surface area contributed by atoms with E-state index in [9.17, 15) is 9.59 Å². The fourth-order valence-electron chi connectivity index (χ4n) is 2.12. The van der Waals surface area contributed by atoms with Gasteiger partial charge in [-0.15, -0.1) is 0 Å². The van der Waals surface area contributed by atoms with Crippen LogP contribution in [0.4, 0.5) is 4.79 Å². The maximum absolute atomic E-state index is 12.0. The summed E-state index contributed by atoms with van der Waals surface area (Å²) < 4.78 is 5.41. The zero-order valence-electron chi connectivity index (χ0n) is 11.6. The Morgan fingerprint density at radius 1 is 1.58 bits per heavy atom. The van der Waals surface area contributed by atoms with Crippen molar-refractivity contribution in [2.45, 2.75) is 38.0 Å². The number of thioether (sulfide) groups is 1. The van der Waals surface area contributed by atoms with E-state index in [4.69, 9.17) is 9.84 Å². The molecule has 1 rings (SSSR count). The van der Waals surface area contributed by atoms with Gasteiger partial charge in [-0.1, -0.05) is 0 Å². The molecule has 0 aliphatic carbocycles. The van der Waals surface area contributed by atoms with Crippen LogP contribution in [0.1, 0.15) is 19.8 Å². The Hall–Kier alpha value is -0.950. The molecule has 1 saturated heterocycles. The number of carboxylic acid groups (broad SMARTS) is 1. The molecule has 0 spiro atoms. The summed E-state index contributed by atoms with van der Waals surface area (Å²) in [7, 11) is 1.68. The lowest BCUT2D eigenvalue weighted by Crippen LogP contribution is -2.51. The molecule has 2 N–H and O–H groups in total. The lowest BCUT2D eigenvalue weighted by molar-refractivity contribution is -0.139. The Bertz CT molecular complexity index is 327. The van der Waals surface area contributed by atoms with Crippen molar-refractivity contribution in [3.05, 3.63) is 0 Å². The van der Waals surface area contributed by atoms with Crippen molar-refractivity contribution >= 4 is 23.8 Å². The molecule has 0 radical (unpaired) electrons. The number of urea groups is 1. The molecule has 19 heavy (non-hydrogen) atoms. The highest BCUT2D eigenvalue weighted by molar-refractivity contribution is 7.98. The van der Waals surface area contributed by atoms with Crippen molar-refractivity contribution in [2.24, 2.45) is 0 Å². The van der Waals surface area contributed by atoms with Gasteiger partial charge in [-0.3, -0.25) is 0 Å². The van der Waals surface area contributed by atoms with E-state index in [1.807, 2.05) is 13.2 Å². The molecule has 1 aliphatic rings. The first-order chi connectivity index (χ1) is 8.97. The maximum Gasteiger partial charge on any atom is 0.326 e. The third-order valence-electron chi connectivity index (χ3n) is 3.36. The van der Waals surface area contributed by atoms with Crippen molar-refractivity contribution in [3.63, 3.8) is 0 Å². The van der Waals surface area contributed by atoms with E-state index in [-0.39, 0.29) is 18.2 Å². The minimum absolute atomic E-state index is 0.00905. The number of nitrogens with one attached hydrogen (secondary N) is 1. The highest BCUT2D eigenvalue weighted by atomic mass is 32.2. The van der Waals surface area contributed by atoms with Crippen LogP contribution in [0.2, 0.25) is 0 Å². The number of likely N-dealkylation sites (N-methyl/N-ethyl adjacent to an activating group) is 1. The van der Waals surface area contributed by atoms with Gasteiger partial charge in [0.2, 0.25) is 0 Å². The Kier molecular flexibility index (Phi) is 6.44. The van der Waals surface area contributed by atoms with Gasteiger partial charge in [-0.2, -0.15) is 11.8 Å². The summed E-state index contributed by atoms with van der Waals surface area (Å²) in [6, 6.07) is -1.18. The molecule has 1 aliphatic heterocycles. The first-order valence-corrected chi connectivity index (χ1v) is 7.73. The Morgan fingerprint density at radius 3 is 2.74 bits per heavy atom. The number of carboxylic acids is 1. The summed E-state index contributed by atoms with van der Waals surface area (Å²) in [5, 5.41) is 11.6. The molecule has 0 aromatic carbocycles. The first kappa shape index (κ1) is 16.1. The molecular weight excluding hydrogens is 268 g/mol. The number of hydrogen-bond donors (Lipinski definition) is 2. The van der Waals surface area contributed by atoms with Crippen LogP contribution in [-0.4, -0.2) is 65.9 Å². The molecule has 110 valence electrons. The first-order valence-electron chi connectivity index (χ1n) is 6.34. The van der Waals surface area contributed by atoms with Crippen LogP contribution in [0.5, 0.6) is 0 Å². The van der Waals surface area contributed by atoms with Crippen LogP contribution in [0.15, 0.2) is 0 Å². The SMILES string of the molecule is CSCC[C@H](NC(=O)N(C)C1CCOC1C)C(=O)O. The second kappa shape index (κ2) is 7.59. The minimum atomic E-state index is -0.994. The largest absolute Gasteiger partial charge is 0.480 e. The van der Waals surface area contributed by atoms with Gasteiger partial charge in [0.25, 0.3) is 0 Å². The summed E-state index contributed by atoms with van der Waals surface area (Å²) in [5.74, 6) is -0.296. The summed E-state index contributed by atoms with van der Waals surface area (Å²) in [4.78, 5) is 24.7. The van der Waals surface area contributed by atoms with Gasteiger partial charge in [0.15, 0.2) is 0 Å². The lowest BCUT2D eigenvalue weighted by atomic mass is 10.1. The van der Waals surface area contributed by atoms with Crippen LogP contribution in [0, 0.1) is 0 Å². The molecular formula is C12H22N2O4S. The fourth-order valence-corrected chi connectivity index (χ4v) is 2.59. The van der Waals surface area contributed by atoms with Crippen molar-refractivity contribution < 1.29 is 19.4 Å². The average Bonchev–Trinajstić information content (AvgIpc) is 2.79. The molecule has 0 aromatic rings. The number of ether oxygens (including phenoxy) is 1. The molecule has 7 heteroatoms. The standard InChI is InChI=1S/C12H22N2O4S/c1-8-10(4-6-18-8)14(2)12(17)13-9(11(15)16)5-7-19-3/h8-10H,4-7H2,1-3H3,(H,13,17)(H,15,16)/t8?,9-,10?/m0/s1. The van der Waals surface area contributed by atoms with Gasteiger partial charge in [0.05, 0.1) is 12.1 Å². The van der Waals surface area contributed by atoms with E-state index < -0.39 is 12.0 Å². The Morgan fingerprint density at radius 2 is 2.26 bits per heavy atom. The quantitative estimate of drug-likeness (QED) is 0.763. The zero-order chi connectivity index (χ0) is 14.4. The Balaban J connectivity index is 2.53. The van der Waals surface area contributed by atoms with Gasteiger partial charge in [-0.05, 0) is 31.8 Å².